The Bertz CT molecular complexity index is 1080. The van der Waals surface area contributed by atoms with Gasteiger partial charge in [-0.1, -0.05) is 12.1 Å². The predicted octanol–water partition coefficient (Wildman–Crippen LogP) is 3.32. The molecule has 0 N–H and O–H groups in total. The molecule has 0 saturated carbocycles. The highest BCUT2D eigenvalue weighted by molar-refractivity contribution is 5.90. The minimum atomic E-state index is -0.620. The molecule has 2 aromatic carbocycles. The monoisotopic (exact) mass is 368 g/mol. The van der Waals surface area contributed by atoms with Crippen LogP contribution in [0.3, 0.4) is 0 Å². The number of carbonyl (C=O) groups excluding carboxylic acids is 2. The Morgan fingerprint density at radius 3 is 2.19 bits per heavy atom. The van der Waals surface area contributed by atoms with E-state index in [9.17, 15) is 14.4 Å². The normalized spacial score (nSPS) is 10.5. The van der Waals surface area contributed by atoms with Crippen molar-refractivity contribution in [2.24, 2.45) is 0 Å². The molecule has 0 unspecified atom stereocenters. The van der Waals surface area contributed by atoms with Gasteiger partial charge in [0.2, 0.25) is 5.43 Å². The number of fused-ring (bicyclic) bond motifs is 1. The van der Waals surface area contributed by atoms with E-state index >= 15 is 0 Å². The van der Waals surface area contributed by atoms with Gasteiger partial charge < -0.3 is 18.6 Å². The third kappa shape index (κ3) is 3.82. The SMILES string of the molecule is COc1ccc(-c2coc3cc(OC(C)=O)cc(OC(C)=O)c3c2=O)cc1. The van der Waals surface area contributed by atoms with E-state index in [2.05, 4.69) is 0 Å². The first-order valence-electron chi connectivity index (χ1n) is 8.00. The van der Waals surface area contributed by atoms with Gasteiger partial charge in [0.15, 0.2) is 0 Å². The average Bonchev–Trinajstić information content (AvgIpc) is 2.61. The Morgan fingerprint density at radius 2 is 1.59 bits per heavy atom. The Kier molecular flexibility index (Phi) is 4.94. The van der Waals surface area contributed by atoms with E-state index in [0.29, 0.717) is 16.9 Å². The van der Waals surface area contributed by atoms with Crippen molar-refractivity contribution >= 4 is 22.9 Å². The average molecular weight is 368 g/mol. The lowest BCUT2D eigenvalue weighted by Gasteiger charge is -2.10. The van der Waals surface area contributed by atoms with Crippen molar-refractivity contribution < 1.29 is 28.2 Å². The number of methoxy groups -OCH3 is 1. The highest BCUT2D eigenvalue weighted by Crippen LogP contribution is 2.32. The van der Waals surface area contributed by atoms with Crippen molar-refractivity contribution in [3.63, 3.8) is 0 Å². The largest absolute Gasteiger partial charge is 0.497 e. The second-order valence-corrected chi connectivity index (χ2v) is 5.69. The summed E-state index contributed by atoms with van der Waals surface area (Å²) in [4.78, 5) is 35.7. The summed E-state index contributed by atoms with van der Waals surface area (Å²) in [7, 11) is 1.55. The van der Waals surface area contributed by atoms with Crippen LogP contribution in [0.1, 0.15) is 13.8 Å². The van der Waals surface area contributed by atoms with Gasteiger partial charge in [-0.05, 0) is 17.7 Å². The molecule has 0 spiro atoms. The fraction of sp³-hybridized carbons (Fsp3) is 0.150. The zero-order valence-corrected chi connectivity index (χ0v) is 14.9. The van der Waals surface area contributed by atoms with Crippen LogP contribution >= 0.6 is 0 Å². The van der Waals surface area contributed by atoms with Gasteiger partial charge >= 0.3 is 11.9 Å². The van der Waals surface area contributed by atoms with E-state index in [0.717, 1.165) is 0 Å². The number of hydrogen-bond donors (Lipinski definition) is 0. The maximum atomic E-state index is 13.0. The maximum absolute atomic E-state index is 13.0. The molecule has 0 saturated heterocycles. The summed E-state index contributed by atoms with van der Waals surface area (Å²) in [6.45, 7) is 2.44. The first kappa shape index (κ1) is 18.2. The number of benzene rings is 2. The minimum Gasteiger partial charge on any atom is -0.497 e. The van der Waals surface area contributed by atoms with Crippen LogP contribution in [-0.2, 0) is 9.59 Å². The van der Waals surface area contributed by atoms with Crippen LogP contribution in [0.25, 0.3) is 22.1 Å². The molecule has 0 bridgehead atoms. The Hall–Kier alpha value is -3.61. The molecule has 138 valence electrons. The second-order valence-electron chi connectivity index (χ2n) is 5.69. The van der Waals surface area contributed by atoms with Crippen LogP contribution in [-0.4, -0.2) is 19.0 Å². The number of carbonyl (C=O) groups is 2. The summed E-state index contributed by atoms with van der Waals surface area (Å²) in [6, 6.07) is 9.57. The van der Waals surface area contributed by atoms with Crippen molar-refractivity contribution in [1.29, 1.82) is 0 Å². The molecular formula is C20H16O7. The zero-order chi connectivity index (χ0) is 19.6. The van der Waals surface area contributed by atoms with Crippen molar-refractivity contribution in [1.82, 2.24) is 0 Å². The molecule has 27 heavy (non-hydrogen) atoms. The van der Waals surface area contributed by atoms with Gasteiger partial charge in [-0.2, -0.15) is 0 Å². The Balaban J connectivity index is 2.21. The van der Waals surface area contributed by atoms with Crippen LogP contribution in [0.5, 0.6) is 17.2 Å². The molecule has 1 heterocycles. The van der Waals surface area contributed by atoms with Crippen LogP contribution in [0, 0.1) is 0 Å². The molecule has 0 fully saturated rings. The standard InChI is InChI=1S/C20H16O7/c1-11(21)26-15-8-17-19(18(9-15)27-12(2)22)20(23)16(10-25-17)13-4-6-14(24-3)7-5-13/h4-10H,1-3H3. The van der Waals surface area contributed by atoms with Crippen LogP contribution in [0.2, 0.25) is 0 Å². The Labute approximate surface area is 154 Å². The molecule has 0 radical (unpaired) electrons. The van der Waals surface area contributed by atoms with Gasteiger partial charge in [0.05, 0.1) is 12.7 Å². The number of hydrogen-bond acceptors (Lipinski definition) is 7. The molecule has 0 aliphatic carbocycles. The van der Waals surface area contributed by atoms with Crippen molar-refractivity contribution in [2.75, 3.05) is 7.11 Å². The Morgan fingerprint density at radius 1 is 0.926 bits per heavy atom. The molecule has 0 amide bonds. The summed E-state index contributed by atoms with van der Waals surface area (Å²) < 4.78 is 20.8. The third-order valence-electron chi connectivity index (χ3n) is 3.73. The van der Waals surface area contributed by atoms with Gasteiger partial charge in [0, 0.05) is 26.0 Å². The molecule has 0 aliphatic heterocycles. The van der Waals surface area contributed by atoms with Gasteiger partial charge in [0.25, 0.3) is 0 Å². The highest BCUT2D eigenvalue weighted by Gasteiger charge is 2.17. The van der Waals surface area contributed by atoms with Crippen LogP contribution in [0.4, 0.5) is 0 Å². The first-order valence-corrected chi connectivity index (χ1v) is 8.00. The van der Waals surface area contributed by atoms with Gasteiger partial charge in [-0.3, -0.25) is 14.4 Å². The lowest BCUT2D eigenvalue weighted by atomic mass is 10.0. The quantitative estimate of drug-likeness (QED) is 0.515. The smallest absolute Gasteiger partial charge is 0.308 e. The van der Waals surface area contributed by atoms with E-state index in [1.54, 1.807) is 31.4 Å². The summed E-state index contributed by atoms with van der Waals surface area (Å²) in [6.07, 6.45) is 1.31. The van der Waals surface area contributed by atoms with Gasteiger partial charge in [0.1, 0.15) is 34.5 Å². The summed E-state index contributed by atoms with van der Waals surface area (Å²) in [5.74, 6) is -0.464. The lowest BCUT2D eigenvalue weighted by Crippen LogP contribution is -2.10. The third-order valence-corrected chi connectivity index (χ3v) is 3.73. The molecule has 7 heteroatoms. The summed E-state index contributed by atoms with van der Waals surface area (Å²) in [5.41, 5.74) is 0.655. The van der Waals surface area contributed by atoms with E-state index in [-0.39, 0.29) is 27.9 Å². The van der Waals surface area contributed by atoms with Crippen molar-refractivity contribution in [3.05, 3.63) is 52.9 Å². The molecule has 3 rings (SSSR count). The maximum Gasteiger partial charge on any atom is 0.308 e. The lowest BCUT2D eigenvalue weighted by molar-refractivity contribution is -0.132. The fourth-order valence-electron chi connectivity index (χ4n) is 2.62. The topological polar surface area (TPSA) is 92.0 Å². The van der Waals surface area contributed by atoms with E-state index in [1.165, 1.54) is 32.2 Å². The second kappa shape index (κ2) is 7.33. The summed E-state index contributed by atoms with van der Waals surface area (Å²) in [5, 5.41) is 0.0782. The fourth-order valence-corrected chi connectivity index (χ4v) is 2.62. The van der Waals surface area contributed by atoms with E-state index in [1.807, 2.05) is 0 Å². The molecule has 0 aliphatic rings. The van der Waals surface area contributed by atoms with Crippen molar-refractivity contribution in [2.45, 2.75) is 13.8 Å². The van der Waals surface area contributed by atoms with E-state index in [4.69, 9.17) is 18.6 Å². The van der Waals surface area contributed by atoms with Crippen LogP contribution in [0.15, 0.2) is 51.9 Å². The van der Waals surface area contributed by atoms with Crippen LogP contribution < -0.4 is 19.6 Å². The van der Waals surface area contributed by atoms with Gasteiger partial charge in [-0.15, -0.1) is 0 Å². The zero-order valence-electron chi connectivity index (χ0n) is 14.9. The predicted molar refractivity (Wildman–Crippen MR) is 97.1 cm³/mol. The number of rotatable bonds is 4. The van der Waals surface area contributed by atoms with E-state index < -0.39 is 11.9 Å². The summed E-state index contributed by atoms with van der Waals surface area (Å²) >= 11 is 0. The molecule has 1 aromatic heterocycles. The van der Waals surface area contributed by atoms with Gasteiger partial charge in [-0.25, -0.2) is 0 Å². The molecule has 0 atom stereocenters. The molecule has 7 nitrogen and oxygen atoms in total. The first-order chi connectivity index (χ1) is 12.9. The minimum absolute atomic E-state index is 0.0413. The molecular weight excluding hydrogens is 352 g/mol. The highest BCUT2D eigenvalue weighted by atomic mass is 16.5. The molecule has 3 aromatic rings. The number of ether oxygens (including phenoxy) is 3. The van der Waals surface area contributed by atoms with Crippen molar-refractivity contribution in [3.8, 4) is 28.4 Å². The number of esters is 2.